The topological polar surface area (TPSA) is 122 Å². The summed E-state index contributed by atoms with van der Waals surface area (Å²) < 4.78 is 1.94. The standard InChI is InChI=1S/C18H16N8/c1-11-24-17-14(18-22-10-23-25-18)7-13(12-3-5-21-16(20)9-12)8-15(17)26(11)6-2-4-19/h2-10,19H,1H3,(H2,20,21)(H,22,23,25)/b6-2+,19-4?. The van der Waals surface area contributed by atoms with E-state index in [1.807, 2.05) is 42.0 Å². The van der Waals surface area contributed by atoms with Crippen LogP contribution in [-0.2, 0) is 0 Å². The highest BCUT2D eigenvalue weighted by molar-refractivity contribution is 5.96. The number of hydrogen-bond donors (Lipinski definition) is 3. The number of aryl methyl sites for hydroxylation is 1. The first-order chi connectivity index (χ1) is 12.7. The van der Waals surface area contributed by atoms with Crippen LogP contribution < -0.4 is 5.73 Å². The fourth-order valence-corrected chi connectivity index (χ4v) is 2.94. The maximum atomic E-state index is 7.25. The Bertz CT molecular complexity index is 1120. The minimum atomic E-state index is 0.456. The Kier molecular flexibility index (Phi) is 3.77. The van der Waals surface area contributed by atoms with Crippen molar-refractivity contribution in [1.82, 2.24) is 29.7 Å². The summed E-state index contributed by atoms with van der Waals surface area (Å²) >= 11 is 0. The Morgan fingerprint density at radius 1 is 1.19 bits per heavy atom. The van der Waals surface area contributed by atoms with Crippen molar-refractivity contribution < 1.29 is 0 Å². The second-order valence-corrected chi connectivity index (χ2v) is 5.73. The molecule has 0 radical (unpaired) electrons. The molecule has 0 amide bonds. The molecule has 0 spiro atoms. The third-order valence-electron chi connectivity index (χ3n) is 4.09. The molecule has 0 fully saturated rings. The fraction of sp³-hybridized carbons (Fsp3) is 0.0556. The van der Waals surface area contributed by atoms with Crippen LogP contribution in [0.25, 0.3) is 39.7 Å². The van der Waals surface area contributed by atoms with Gasteiger partial charge in [0.25, 0.3) is 0 Å². The molecule has 0 bridgehead atoms. The summed E-state index contributed by atoms with van der Waals surface area (Å²) in [4.78, 5) is 13.0. The van der Waals surface area contributed by atoms with Crippen molar-refractivity contribution in [2.75, 3.05) is 5.73 Å². The van der Waals surface area contributed by atoms with Crippen molar-refractivity contribution in [3.8, 4) is 22.5 Å². The van der Waals surface area contributed by atoms with E-state index in [2.05, 4.69) is 25.1 Å². The molecule has 0 atom stereocenters. The van der Waals surface area contributed by atoms with Gasteiger partial charge in [-0.25, -0.2) is 15.0 Å². The van der Waals surface area contributed by atoms with E-state index in [4.69, 9.17) is 11.1 Å². The number of aromatic nitrogens is 6. The Morgan fingerprint density at radius 2 is 2.08 bits per heavy atom. The number of anilines is 1. The summed E-state index contributed by atoms with van der Waals surface area (Å²) in [5.74, 6) is 1.90. The number of benzene rings is 1. The zero-order chi connectivity index (χ0) is 18.1. The first-order valence-corrected chi connectivity index (χ1v) is 7.95. The van der Waals surface area contributed by atoms with Crippen LogP contribution in [0.1, 0.15) is 5.82 Å². The molecule has 0 saturated carbocycles. The predicted octanol–water partition coefficient (Wildman–Crippen LogP) is 2.89. The van der Waals surface area contributed by atoms with Crippen molar-refractivity contribution >= 4 is 29.3 Å². The number of allylic oxidation sites excluding steroid dienone is 1. The number of rotatable bonds is 4. The number of fused-ring (bicyclic) bond motifs is 1. The van der Waals surface area contributed by atoms with E-state index in [-0.39, 0.29) is 0 Å². The average Bonchev–Trinajstić information content (AvgIpc) is 3.27. The largest absolute Gasteiger partial charge is 0.384 e. The number of nitrogen functional groups attached to an aromatic ring is 1. The van der Waals surface area contributed by atoms with Gasteiger partial charge in [-0.15, -0.1) is 0 Å². The molecule has 8 heteroatoms. The summed E-state index contributed by atoms with van der Waals surface area (Å²) in [5, 5.41) is 14.1. The van der Waals surface area contributed by atoms with Gasteiger partial charge in [0.1, 0.15) is 23.5 Å². The maximum Gasteiger partial charge on any atom is 0.157 e. The molecule has 4 aromatic rings. The van der Waals surface area contributed by atoms with E-state index in [1.165, 1.54) is 12.5 Å². The van der Waals surface area contributed by atoms with Gasteiger partial charge in [0.15, 0.2) is 5.82 Å². The highest BCUT2D eigenvalue weighted by Gasteiger charge is 2.16. The Balaban J connectivity index is 2.05. The highest BCUT2D eigenvalue weighted by Crippen LogP contribution is 2.33. The minimum Gasteiger partial charge on any atom is -0.384 e. The smallest absolute Gasteiger partial charge is 0.157 e. The first-order valence-electron chi connectivity index (χ1n) is 7.95. The number of nitrogens with zero attached hydrogens (tertiary/aromatic N) is 5. The number of hydrogen-bond acceptors (Lipinski definition) is 6. The van der Waals surface area contributed by atoms with E-state index in [9.17, 15) is 0 Å². The number of imidazole rings is 1. The van der Waals surface area contributed by atoms with Crippen molar-refractivity contribution in [3.63, 3.8) is 0 Å². The van der Waals surface area contributed by atoms with E-state index >= 15 is 0 Å². The molecule has 0 aliphatic carbocycles. The van der Waals surface area contributed by atoms with Gasteiger partial charge in [0.2, 0.25) is 0 Å². The van der Waals surface area contributed by atoms with Crippen LogP contribution in [0.2, 0.25) is 0 Å². The van der Waals surface area contributed by atoms with Crippen molar-refractivity contribution in [2.45, 2.75) is 6.92 Å². The monoisotopic (exact) mass is 344 g/mol. The van der Waals surface area contributed by atoms with Crippen LogP contribution in [-0.4, -0.2) is 35.9 Å². The molecule has 1 aromatic carbocycles. The van der Waals surface area contributed by atoms with Crippen LogP contribution in [0, 0.1) is 12.3 Å². The quantitative estimate of drug-likeness (QED) is 0.491. The van der Waals surface area contributed by atoms with Gasteiger partial charge in [-0.1, -0.05) is 0 Å². The highest BCUT2D eigenvalue weighted by atomic mass is 15.2. The first kappa shape index (κ1) is 15.7. The third kappa shape index (κ3) is 2.63. The molecule has 128 valence electrons. The third-order valence-corrected chi connectivity index (χ3v) is 4.09. The van der Waals surface area contributed by atoms with E-state index in [1.54, 1.807) is 12.3 Å². The van der Waals surface area contributed by atoms with Crippen LogP contribution in [0.4, 0.5) is 5.82 Å². The Hall–Kier alpha value is -3.81. The molecule has 4 rings (SSSR count). The zero-order valence-electron chi connectivity index (χ0n) is 14.0. The molecule has 26 heavy (non-hydrogen) atoms. The molecule has 0 aliphatic rings. The SMILES string of the molecule is Cc1nc2c(-c3ncn[nH]3)cc(-c3ccnc(N)c3)cc2n1/C=C/C=N. The molecule has 0 unspecified atom stereocenters. The molecule has 3 heterocycles. The lowest BCUT2D eigenvalue weighted by Crippen LogP contribution is -1.93. The molecule has 0 saturated heterocycles. The molecule has 3 aromatic heterocycles. The van der Waals surface area contributed by atoms with Gasteiger partial charge in [0, 0.05) is 24.2 Å². The van der Waals surface area contributed by atoms with E-state index < -0.39 is 0 Å². The van der Waals surface area contributed by atoms with Gasteiger partial charge >= 0.3 is 0 Å². The zero-order valence-corrected chi connectivity index (χ0v) is 14.0. The minimum absolute atomic E-state index is 0.456. The number of pyridine rings is 1. The number of aromatic amines is 1. The Labute approximate surface area is 148 Å². The summed E-state index contributed by atoms with van der Waals surface area (Å²) in [6.07, 6.45) is 7.85. The second kappa shape index (κ2) is 6.25. The van der Waals surface area contributed by atoms with Crippen LogP contribution in [0.5, 0.6) is 0 Å². The van der Waals surface area contributed by atoms with Crippen molar-refractivity contribution in [3.05, 3.63) is 48.7 Å². The maximum absolute atomic E-state index is 7.25. The molecule has 4 N–H and O–H groups in total. The molecule has 8 nitrogen and oxygen atoms in total. The van der Waals surface area contributed by atoms with Gasteiger partial charge in [0.05, 0.1) is 5.52 Å². The summed E-state index contributed by atoms with van der Waals surface area (Å²) in [6, 6.07) is 7.78. The average molecular weight is 344 g/mol. The normalized spacial score (nSPS) is 11.4. The van der Waals surface area contributed by atoms with E-state index in [0.717, 1.165) is 33.5 Å². The van der Waals surface area contributed by atoms with Gasteiger partial charge in [-0.2, -0.15) is 5.10 Å². The van der Waals surface area contributed by atoms with E-state index in [0.29, 0.717) is 11.6 Å². The van der Waals surface area contributed by atoms with Gasteiger partial charge in [-0.05, 0) is 48.4 Å². The number of nitrogens with two attached hydrogens (primary N) is 1. The van der Waals surface area contributed by atoms with Crippen molar-refractivity contribution in [1.29, 1.82) is 5.41 Å². The Morgan fingerprint density at radius 3 is 2.81 bits per heavy atom. The molecular weight excluding hydrogens is 328 g/mol. The summed E-state index contributed by atoms with van der Waals surface area (Å²) in [7, 11) is 0. The van der Waals surface area contributed by atoms with Crippen LogP contribution in [0.15, 0.2) is 42.9 Å². The molecular formula is C18H16N8. The van der Waals surface area contributed by atoms with Gasteiger partial charge in [-0.3, -0.25) is 5.10 Å². The summed E-state index contributed by atoms with van der Waals surface area (Å²) in [5.41, 5.74) is 10.3. The predicted molar refractivity (Wildman–Crippen MR) is 102 cm³/mol. The lowest BCUT2D eigenvalue weighted by atomic mass is 10.0. The summed E-state index contributed by atoms with van der Waals surface area (Å²) in [6.45, 7) is 1.92. The van der Waals surface area contributed by atoms with Gasteiger partial charge < -0.3 is 15.7 Å². The number of H-pyrrole nitrogens is 1. The lowest BCUT2D eigenvalue weighted by molar-refractivity contribution is 1.06. The number of nitrogens with one attached hydrogen (secondary N) is 2. The van der Waals surface area contributed by atoms with Crippen LogP contribution in [0.3, 0.4) is 0 Å². The lowest BCUT2D eigenvalue weighted by Gasteiger charge is -2.07. The molecule has 0 aliphatic heterocycles. The second-order valence-electron chi connectivity index (χ2n) is 5.73. The van der Waals surface area contributed by atoms with Crippen molar-refractivity contribution in [2.24, 2.45) is 0 Å². The van der Waals surface area contributed by atoms with Crippen LogP contribution >= 0.6 is 0 Å². The fourth-order valence-electron chi connectivity index (χ4n) is 2.94.